The number of hydrogen-bond acceptors (Lipinski definition) is 5. The Morgan fingerprint density at radius 3 is 3.00 bits per heavy atom. The van der Waals surface area contributed by atoms with Gasteiger partial charge in [-0.25, -0.2) is 4.98 Å². The first kappa shape index (κ1) is 11.5. The van der Waals surface area contributed by atoms with E-state index in [1.165, 1.54) is 11.5 Å². The molecule has 0 radical (unpaired) electrons. The number of anilines is 2. The molecule has 0 aliphatic heterocycles. The highest BCUT2D eigenvalue weighted by molar-refractivity contribution is 7.09. The van der Waals surface area contributed by atoms with Crippen molar-refractivity contribution in [1.29, 1.82) is 0 Å². The Morgan fingerprint density at radius 2 is 2.35 bits per heavy atom. The van der Waals surface area contributed by atoms with Crippen molar-refractivity contribution in [2.45, 2.75) is 13.3 Å². The Bertz CT molecular complexity index is 538. The molecule has 1 aromatic carbocycles. The molecule has 1 aromatic heterocycles. The van der Waals surface area contributed by atoms with Gasteiger partial charge in [0.05, 0.1) is 6.42 Å². The van der Waals surface area contributed by atoms with E-state index in [2.05, 4.69) is 14.7 Å². The molecule has 0 saturated heterocycles. The molecule has 88 valence electrons. The van der Waals surface area contributed by atoms with Gasteiger partial charge in [-0.2, -0.15) is 4.37 Å². The van der Waals surface area contributed by atoms with Crippen molar-refractivity contribution in [1.82, 2.24) is 9.36 Å². The summed E-state index contributed by atoms with van der Waals surface area (Å²) in [4.78, 5) is 15.7. The fourth-order valence-corrected chi connectivity index (χ4v) is 1.99. The lowest BCUT2D eigenvalue weighted by atomic mass is 10.1. The average Bonchev–Trinajstić information content (AvgIpc) is 2.63. The van der Waals surface area contributed by atoms with Crippen molar-refractivity contribution in [2.75, 3.05) is 11.1 Å². The Balaban J connectivity index is 1.98. The fourth-order valence-electron chi connectivity index (χ4n) is 1.40. The topological polar surface area (TPSA) is 80.9 Å². The lowest BCUT2D eigenvalue weighted by molar-refractivity contribution is -0.115. The third kappa shape index (κ3) is 3.25. The van der Waals surface area contributed by atoms with E-state index in [1.807, 2.05) is 12.1 Å². The lowest BCUT2D eigenvalue weighted by Gasteiger charge is -2.02. The van der Waals surface area contributed by atoms with Crippen molar-refractivity contribution < 1.29 is 4.79 Å². The van der Waals surface area contributed by atoms with Crippen LogP contribution in [0.15, 0.2) is 24.3 Å². The van der Waals surface area contributed by atoms with Crippen LogP contribution in [0.2, 0.25) is 0 Å². The van der Waals surface area contributed by atoms with Crippen LogP contribution in [0.3, 0.4) is 0 Å². The first-order chi connectivity index (χ1) is 8.13. The van der Waals surface area contributed by atoms with Gasteiger partial charge in [-0.05, 0) is 24.6 Å². The molecule has 0 aliphatic carbocycles. The van der Waals surface area contributed by atoms with Gasteiger partial charge in [0.15, 0.2) is 0 Å². The van der Waals surface area contributed by atoms with Gasteiger partial charge in [-0.1, -0.05) is 12.1 Å². The maximum Gasteiger partial charge on any atom is 0.230 e. The number of aryl methyl sites for hydroxylation is 1. The third-order valence-electron chi connectivity index (χ3n) is 2.09. The molecule has 17 heavy (non-hydrogen) atoms. The number of carbonyl (C=O) groups is 1. The van der Waals surface area contributed by atoms with Crippen LogP contribution < -0.4 is 11.1 Å². The molecule has 3 N–H and O–H groups in total. The van der Waals surface area contributed by atoms with Crippen LogP contribution in [0, 0.1) is 6.92 Å². The standard InChI is InChI=1S/C11H12N4OS/c1-7-13-11(17-15-7)14-10(16)6-8-3-2-4-9(12)5-8/h2-5H,6,12H2,1H3,(H,13,14,15,16). The number of rotatable bonds is 3. The zero-order valence-electron chi connectivity index (χ0n) is 9.30. The third-order valence-corrected chi connectivity index (χ3v) is 2.81. The second-order valence-corrected chi connectivity index (χ2v) is 4.37. The Morgan fingerprint density at radius 1 is 1.53 bits per heavy atom. The fraction of sp³-hybridized carbons (Fsp3) is 0.182. The minimum absolute atomic E-state index is 0.119. The van der Waals surface area contributed by atoms with Crippen molar-refractivity contribution in [2.24, 2.45) is 0 Å². The number of nitrogens with one attached hydrogen (secondary N) is 1. The van der Waals surface area contributed by atoms with E-state index in [1.54, 1.807) is 19.1 Å². The van der Waals surface area contributed by atoms with E-state index in [9.17, 15) is 4.79 Å². The SMILES string of the molecule is Cc1nsc(NC(=O)Cc2cccc(N)c2)n1. The number of amides is 1. The molecule has 0 unspecified atom stereocenters. The minimum atomic E-state index is -0.119. The Labute approximate surface area is 103 Å². The van der Waals surface area contributed by atoms with Gasteiger partial charge < -0.3 is 11.1 Å². The monoisotopic (exact) mass is 248 g/mol. The number of aromatic nitrogens is 2. The van der Waals surface area contributed by atoms with Gasteiger partial charge in [-0.15, -0.1) is 0 Å². The summed E-state index contributed by atoms with van der Waals surface area (Å²) in [6.45, 7) is 1.78. The first-order valence-electron chi connectivity index (χ1n) is 5.08. The summed E-state index contributed by atoms with van der Waals surface area (Å²) in [6.07, 6.45) is 0.281. The zero-order chi connectivity index (χ0) is 12.3. The summed E-state index contributed by atoms with van der Waals surface area (Å²) in [7, 11) is 0. The number of carbonyl (C=O) groups excluding carboxylic acids is 1. The molecule has 6 heteroatoms. The molecule has 2 aromatic rings. The quantitative estimate of drug-likeness (QED) is 0.809. The summed E-state index contributed by atoms with van der Waals surface area (Å²) >= 11 is 1.17. The molecule has 0 fully saturated rings. The van der Waals surface area contributed by atoms with Crippen LogP contribution in [0.25, 0.3) is 0 Å². The molecule has 0 saturated carbocycles. The molecule has 2 rings (SSSR count). The highest BCUT2D eigenvalue weighted by Crippen LogP contribution is 2.12. The highest BCUT2D eigenvalue weighted by Gasteiger charge is 2.07. The predicted octanol–water partition coefficient (Wildman–Crippen LogP) is 1.61. The Kier molecular flexibility index (Phi) is 3.34. The van der Waals surface area contributed by atoms with Crippen LogP contribution in [0.1, 0.15) is 11.4 Å². The second-order valence-electron chi connectivity index (χ2n) is 3.62. The maximum atomic E-state index is 11.7. The highest BCUT2D eigenvalue weighted by atomic mass is 32.1. The zero-order valence-corrected chi connectivity index (χ0v) is 10.1. The normalized spacial score (nSPS) is 10.2. The van der Waals surface area contributed by atoms with Crippen LogP contribution in [-0.4, -0.2) is 15.3 Å². The summed E-state index contributed by atoms with van der Waals surface area (Å²) in [5.74, 6) is 0.543. The maximum absolute atomic E-state index is 11.7. The van der Waals surface area contributed by atoms with Gasteiger partial charge in [0.1, 0.15) is 5.82 Å². The van der Waals surface area contributed by atoms with E-state index in [4.69, 9.17) is 5.73 Å². The number of nitrogens with two attached hydrogens (primary N) is 1. The van der Waals surface area contributed by atoms with Crippen LogP contribution in [0.4, 0.5) is 10.8 Å². The molecular weight excluding hydrogens is 236 g/mol. The van der Waals surface area contributed by atoms with Gasteiger partial charge in [0, 0.05) is 17.2 Å². The molecule has 1 amide bonds. The predicted molar refractivity (Wildman–Crippen MR) is 67.8 cm³/mol. The summed E-state index contributed by atoms with van der Waals surface area (Å²) in [5, 5.41) is 3.22. The van der Waals surface area contributed by atoms with E-state index in [0.29, 0.717) is 16.6 Å². The largest absolute Gasteiger partial charge is 0.399 e. The molecule has 0 atom stereocenters. The number of nitrogen functional groups attached to an aromatic ring is 1. The van der Waals surface area contributed by atoms with Crippen molar-refractivity contribution in [3.63, 3.8) is 0 Å². The van der Waals surface area contributed by atoms with Crippen molar-refractivity contribution in [3.05, 3.63) is 35.7 Å². The van der Waals surface area contributed by atoms with Crippen molar-refractivity contribution >= 4 is 28.3 Å². The number of benzene rings is 1. The minimum Gasteiger partial charge on any atom is -0.399 e. The smallest absolute Gasteiger partial charge is 0.230 e. The van der Waals surface area contributed by atoms with Crippen molar-refractivity contribution in [3.8, 4) is 0 Å². The number of hydrogen-bond donors (Lipinski definition) is 2. The Hall–Kier alpha value is -1.95. The summed E-state index contributed by atoms with van der Waals surface area (Å²) in [6, 6.07) is 7.26. The molecule has 1 heterocycles. The van der Waals surface area contributed by atoms with Gasteiger partial charge >= 0.3 is 0 Å². The van der Waals surface area contributed by atoms with E-state index >= 15 is 0 Å². The van der Waals surface area contributed by atoms with E-state index in [-0.39, 0.29) is 12.3 Å². The van der Waals surface area contributed by atoms with E-state index in [0.717, 1.165) is 5.56 Å². The van der Waals surface area contributed by atoms with E-state index < -0.39 is 0 Å². The van der Waals surface area contributed by atoms with Gasteiger partial charge in [0.25, 0.3) is 0 Å². The average molecular weight is 248 g/mol. The van der Waals surface area contributed by atoms with Crippen LogP contribution >= 0.6 is 11.5 Å². The first-order valence-corrected chi connectivity index (χ1v) is 5.85. The molecular formula is C11H12N4OS. The lowest BCUT2D eigenvalue weighted by Crippen LogP contribution is -2.14. The molecule has 0 aliphatic rings. The van der Waals surface area contributed by atoms with Gasteiger partial charge in [0.2, 0.25) is 11.0 Å². The molecule has 0 bridgehead atoms. The number of nitrogens with zero attached hydrogens (tertiary/aromatic N) is 2. The summed E-state index contributed by atoms with van der Waals surface area (Å²) in [5.41, 5.74) is 7.17. The second kappa shape index (κ2) is 4.92. The summed E-state index contributed by atoms with van der Waals surface area (Å²) < 4.78 is 3.99. The van der Waals surface area contributed by atoms with Crippen LogP contribution in [0.5, 0.6) is 0 Å². The van der Waals surface area contributed by atoms with Gasteiger partial charge in [-0.3, -0.25) is 4.79 Å². The van der Waals surface area contributed by atoms with Crippen LogP contribution in [-0.2, 0) is 11.2 Å². The molecule has 0 spiro atoms. The molecule has 5 nitrogen and oxygen atoms in total.